The van der Waals surface area contributed by atoms with Crippen molar-refractivity contribution in [1.82, 2.24) is 9.78 Å². The zero-order valence-corrected chi connectivity index (χ0v) is 14.9. The summed E-state index contributed by atoms with van der Waals surface area (Å²) in [7, 11) is 0. The standard InChI is InChI=1S/C18H21N3O3S/c1-25-13-4-2-11(3-5-13)14-10-15(22)19-17-16(14)18(23)20-21(17)12-6-8-24-9-7-12/h2-5,12,14H,6-10H2,1H3,(H,19,22)(H,20,23)/t14-/m1/s1. The van der Waals surface area contributed by atoms with Crippen LogP contribution in [0, 0.1) is 0 Å². The molecule has 0 aliphatic carbocycles. The largest absolute Gasteiger partial charge is 0.381 e. The first-order chi connectivity index (χ1) is 12.2. The van der Waals surface area contributed by atoms with Gasteiger partial charge in [0, 0.05) is 30.4 Å². The number of H-pyrrole nitrogens is 1. The Kier molecular flexibility index (Phi) is 4.43. The first-order valence-corrected chi connectivity index (χ1v) is 9.76. The van der Waals surface area contributed by atoms with E-state index in [0.29, 0.717) is 31.0 Å². The molecule has 0 bridgehead atoms. The number of carbonyl (C=O) groups is 1. The maximum atomic E-state index is 12.7. The van der Waals surface area contributed by atoms with Gasteiger partial charge in [-0.3, -0.25) is 19.4 Å². The monoisotopic (exact) mass is 359 g/mol. The summed E-state index contributed by atoms with van der Waals surface area (Å²) < 4.78 is 7.26. The number of benzene rings is 1. The van der Waals surface area contributed by atoms with Crippen LogP contribution in [0.5, 0.6) is 0 Å². The lowest BCUT2D eigenvalue weighted by atomic mass is 9.87. The maximum absolute atomic E-state index is 12.7. The van der Waals surface area contributed by atoms with Gasteiger partial charge in [0.1, 0.15) is 5.82 Å². The molecule has 2 aliphatic heterocycles. The normalized spacial score (nSPS) is 21.0. The third-order valence-corrected chi connectivity index (χ3v) is 5.78. The van der Waals surface area contributed by atoms with Crippen molar-refractivity contribution in [3.05, 3.63) is 45.7 Å². The minimum absolute atomic E-state index is 0.0498. The smallest absolute Gasteiger partial charge is 0.270 e. The predicted molar refractivity (Wildman–Crippen MR) is 97.5 cm³/mol. The fourth-order valence-corrected chi connectivity index (χ4v) is 4.13. The molecule has 2 N–H and O–H groups in total. The Morgan fingerprint density at radius 3 is 2.56 bits per heavy atom. The number of aromatic nitrogens is 2. The highest BCUT2D eigenvalue weighted by molar-refractivity contribution is 7.98. The summed E-state index contributed by atoms with van der Waals surface area (Å²) >= 11 is 1.67. The van der Waals surface area contributed by atoms with Gasteiger partial charge in [0.05, 0.1) is 11.6 Å². The van der Waals surface area contributed by atoms with Gasteiger partial charge in [0.25, 0.3) is 5.56 Å². The molecule has 0 spiro atoms. The van der Waals surface area contributed by atoms with E-state index in [1.807, 2.05) is 35.2 Å². The molecule has 1 amide bonds. The summed E-state index contributed by atoms with van der Waals surface area (Å²) in [5.41, 5.74) is 1.56. The molecular formula is C18H21N3O3S. The number of hydrogen-bond acceptors (Lipinski definition) is 4. The first kappa shape index (κ1) is 16.5. The highest BCUT2D eigenvalue weighted by Gasteiger charge is 2.34. The number of aromatic amines is 1. The molecule has 2 aromatic rings. The van der Waals surface area contributed by atoms with E-state index in [2.05, 4.69) is 10.4 Å². The van der Waals surface area contributed by atoms with Crippen molar-refractivity contribution in [2.24, 2.45) is 0 Å². The highest BCUT2D eigenvalue weighted by atomic mass is 32.2. The third kappa shape index (κ3) is 3.02. The van der Waals surface area contributed by atoms with E-state index < -0.39 is 0 Å². The Morgan fingerprint density at radius 1 is 1.16 bits per heavy atom. The number of thioether (sulfide) groups is 1. The molecule has 2 aliphatic rings. The lowest BCUT2D eigenvalue weighted by molar-refractivity contribution is -0.116. The van der Waals surface area contributed by atoms with E-state index in [-0.39, 0.29) is 23.4 Å². The molecule has 0 saturated carbocycles. The van der Waals surface area contributed by atoms with E-state index in [4.69, 9.17) is 4.74 Å². The minimum Gasteiger partial charge on any atom is -0.381 e. The van der Waals surface area contributed by atoms with Gasteiger partial charge in [0.2, 0.25) is 5.91 Å². The average Bonchev–Trinajstić information content (AvgIpc) is 2.98. The Balaban J connectivity index is 1.76. The van der Waals surface area contributed by atoms with Gasteiger partial charge in [-0.1, -0.05) is 12.1 Å². The van der Waals surface area contributed by atoms with Gasteiger partial charge in [-0.2, -0.15) is 0 Å². The molecular weight excluding hydrogens is 338 g/mol. The van der Waals surface area contributed by atoms with Crippen molar-refractivity contribution < 1.29 is 9.53 Å². The van der Waals surface area contributed by atoms with Crippen molar-refractivity contribution >= 4 is 23.5 Å². The van der Waals surface area contributed by atoms with E-state index in [1.54, 1.807) is 11.8 Å². The summed E-state index contributed by atoms with van der Waals surface area (Å²) in [5.74, 6) is 0.378. The van der Waals surface area contributed by atoms with E-state index in [0.717, 1.165) is 23.3 Å². The molecule has 7 heteroatoms. The summed E-state index contributed by atoms with van der Waals surface area (Å²) in [6.07, 6.45) is 3.99. The number of hydrogen-bond donors (Lipinski definition) is 2. The second-order valence-corrected chi connectivity index (χ2v) is 7.37. The first-order valence-electron chi connectivity index (χ1n) is 8.53. The molecule has 1 atom stereocenters. The zero-order chi connectivity index (χ0) is 17.4. The minimum atomic E-state index is -0.204. The number of amides is 1. The van der Waals surface area contributed by atoms with Gasteiger partial charge >= 0.3 is 0 Å². The number of carbonyl (C=O) groups excluding carboxylic acids is 1. The van der Waals surface area contributed by atoms with Crippen molar-refractivity contribution in [2.45, 2.75) is 36.1 Å². The summed E-state index contributed by atoms with van der Waals surface area (Å²) in [6, 6.07) is 8.27. The van der Waals surface area contributed by atoms with Gasteiger partial charge in [-0.15, -0.1) is 11.8 Å². The molecule has 25 heavy (non-hydrogen) atoms. The molecule has 1 aromatic heterocycles. The topological polar surface area (TPSA) is 76.1 Å². The Morgan fingerprint density at radius 2 is 1.88 bits per heavy atom. The number of rotatable bonds is 3. The van der Waals surface area contributed by atoms with Crippen LogP contribution in [0.3, 0.4) is 0 Å². The Bertz CT molecular complexity index is 834. The number of nitrogens with one attached hydrogen (secondary N) is 2. The van der Waals surface area contributed by atoms with Crippen LogP contribution in [0.15, 0.2) is 34.0 Å². The molecule has 0 unspecified atom stereocenters. The molecule has 6 nitrogen and oxygen atoms in total. The van der Waals surface area contributed by atoms with Crippen molar-refractivity contribution in [3.63, 3.8) is 0 Å². The summed E-state index contributed by atoms with van der Waals surface area (Å²) in [5, 5.41) is 5.87. The fraction of sp³-hybridized carbons (Fsp3) is 0.444. The summed E-state index contributed by atoms with van der Waals surface area (Å²) in [6.45, 7) is 1.35. The second-order valence-electron chi connectivity index (χ2n) is 6.49. The molecule has 1 fully saturated rings. The Hall–Kier alpha value is -1.99. The van der Waals surface area contributed by atoms with Gasteiger partial charge < -0.3 is 10.1 Å². The molecule has 132 valence electrons. The van der Waals surface area contributed by atoms with Crippen LogP contribution in [-0.4, -0.2) is 35.2 Å². The fourth-order valence-electron chi connectivity index (χ4n) is 3.72. The van der Waals surface area contributed by atoms with Gasteiger partial charge in [-0.05, 0) is 36.8 Å². The quantitative estimate of drug-likeness (QED) is 0.826. The number of ether oxygens (including phenoxy) is 1. The van der Waals surface area contributed by atoms with Crippen molar-refractivity contribution in [1.29, 1.82) is 0 Å². The molecule has 0 radical (unpaired) electrons. The zero-order valence-electron chi connectivity index (χ0n) is 14.1. The van der Waals surface area contributed by atoms with Gasteiger partial charge in [0.15, 0.2) is 0 Å². The maximum Gasteiger partial charge on any atom is 0.270 e. The van der Waals surface area contributed by atoms with E-state index >= 15 is 0 Å². The number of nitrogens with zero attached hydrogens (tertiary/aromatic N) is 1. The average molecular weight is 359 g/mol. The van der Waals surface area contributed by atoms with Crippen LogP contribution in [0.2, 0.25) is 0 Å². The van der Waals surface area contributed by atoms with E-state index in [1.165, 1.54) is 0 Å². The molecule has 4 rings (SSSR count). The number of anilines is 1. The molecule has 3 heterocycles. The van der Waals surface area contributed by atoms with Crippen LogP contribution >= 0.6 is 11.8 Å². The summed E-state index contributed by atoms with van der Waals surface area (Å²) in [4.78, 5) is 26.2. The van der Waals surface area contributed by atoms with Crippen molar-refractivity contribution in [3.8, 4) is 0 Å². The number of fused-ring (bicyclic) bond motifs is 1. The predicted octanol–water partition coefficient (Wildman–Crippen LogP) is 2.72. The van der Waals surface area contributed by atoms with Crippen LogP contribution < -0.4 is 10.9 Å². The van der Waals surface area contributed by atoms with Crippen molar-refractivity contribution in [2.75, 3.05) is 24.8 Å². The van der Waals surface area contributed by atoms with Crippen LogP contribution in [0.1, 0.15) is 42.3 Å². The molecule has 1 aromatic carbocycles. The Labute approximate surface area is 149 Å². The molecule has 1 saturated heterocycles. The SMILES string of the molecule is CSc1ccc([C@H]2CC(=O)Nc3c2c(=O)[nH]n3C2CCOCC2)cc1. The lowest BCUT2D eigenvalue weighted by Crippen LogP contribution is -2.28. The van der Waals surface area contributed by atoms with Crippen LogP contribution in [0.25, 0.3) is 0 Å². The van der Waals surface area contributed by atoms with Crippen LogP contribution in [-0.2, 0) is 9.53 Å². The van der Waals surface area contributed by atoms with Gasteiger partial charge in [-0.25, -0.2) is 0 Å². The second kappa shape index (κ2) is 6.72. The van der Waals surface area contributed by atoms with Crippen LogP contribution in [0.4, 0.5) is 5.82 Å². The lowest BCUT2D eigenvalue weighted by Gasteiger charge is -2.28. The van der Waals surface area contributed by atoms with E-state index in [9.17, 15) is 9.59 Å². The third-order valence-electron chi connectivity index (χ3n) is 5.03. The highest BCUT2D eigenvalue weighted by Crippen LogP contribution is 2.37.